The van der Waals surface area contributed by atoms with Crippen LogP contribution in [0.1, 0.15) is 5.56 Å². The first-order chi connectivity index (χ1) is 9.36. The minimum Gasteiger partial charge on any atom is -0.508 e. The summed E-state index contributed by atoms with van der Waals surface area (Å²) < 4.78 is 0. The first-order valence-corrected chi connectivity index (χ1v) is 6.16. The monoisotopic (exact) mass is 288 g/mol. The molecule has 1 rings (SSSR count). The topological polar surface area (TPSA) is 142 Å². The summed E-state index contributed by atoms with van der Waals surface area (Å²) in [5, 5.41) is 65.6. The number of benzene rings is 1. The van der Waals surface area contributed by atoms with Crippen LogP contribution in [-0.2, 0) is 6.42 Å². The van der Waals surface area contributed by atoms with Gasteiger partial charge in [-0.05, 0) is 17.7 Å². The summed E-state index contributed by atoms with van der Waals surface area (Å²) in [6.07, 6.45) is -8.40. The van der Waals surface area contributed by atoms with Crippen molar-refractivity contribution in [2.24, 2.45) is 0 Å². The van der Waals surface area contributed by atoms with Gasteiger partial charge in [0.15, 0.2) is 0 Å². The fraction of sp³-hybridized carbons (Fsp3) is 0.538. The maximum absolute atomic E-state index is 9.79. The minimum atomic E-state index is -1.82. The van der Waals surface area contributed by atoms with Crippen LogP contribution in [0.15, 0.2) is 24.3 Å². The SMILES string of the molecule is OC[C@@H](O)[C@@H](O)[C@H](O)[C@H](O)C(O)Cc1cccc(O)c1. The summed E-state index contributed by atoms with van der Waals surface area (Å²) in [7, 11) is 0. The van der Waals surface area contributed by atoms with E-state index >= 15 is 0 Å². The number of rotatable bonds is 7. The predicted molar refractivity (Wildman–Crippen MR) is 68.9 cm³/mol. The van der Waals surface area contributed by atoms with Gasteiger partial charge in [-0.3, -0.25) is 0 Å². The fourth-order valence-corrected chi connectivity index (χ4v) is 1.81. The largest absolute Gasteiger partial charge is 0.508 e. The zero-order valence-electron chi connectivity index (χ0n) is 10.7. The van der Waals surface area contributed by atoms with Crippen molar-refractivity contribution in [1.29, 1.82) is 0 Å². The lowest BCUT2D eigenvalue weighted by Crippen LogP contribution is -2.50. The van der Waals surface area contributed by atoms with Crippen LogP contribution in [0.25, 0.3) is 0 Å². The molecule has 0 amide bonds. The van der Waals surface area contributed by atoms with Crippen molar-refractivity contribution in [2.75, 3.05) is 6.61 Å². The van der Waals surface area contributed by atoms with E-state index in [1.165, 1.54) is 12.1 Å². The highest BCUT2D eigenvalue weighted by molar-refractivity contribution is 5.27. The Balaban J connectivity index is 2.64. The molecular formula is C13H20O7. The molecule has 0 heterocycles. The zero-order valence-corrected chi connectivity index (χ0v) is 10.7. The quantitative estimate of drug-likeness (QED) is 0.300. The lowest BCUT2D eigenvalue weighted by atomic mass is 9.95. The van der Waals surface area contributed by atoms with Crippen molar-refractivity contribution >= 4 is 0 Å². The summed E-state index contributed by atoms with van der Waals surface area (Å²) >= 11 is 0. The van der Waals surface area contributed by atoms with Crippen LogP contribution >= 0.6 is 0 Å². The minimum absolute atomic E-state index is 0.000440. The number of aromatic hydroxyl groups is 1. The van der Waals surface area contributed by atoms with E-state index in [0.29, 0.717) is 5.56 Å². The molecule has 0 fully saturated rings. The van der Waals surface area contributed by atoms with Crippen LogP contribution in [-0.4, -0.2) is 72.9 Å². The average molecular weight is 288 g/mol. The number of hydrogen-bond donors (Lipinski definition) is 7. The second-order valence-electron chi connectivity index (χ2n) is 4.66. The third-order valence-corrected chi connectivity index (χ3v) is 3.03. The Morgan fingerprint density at radius 2 is 1.45 bits per heavy atom. The molecule has 0 saturated carbocycles. The Labute approximate surface area is 116 Å². The van der Waals surface area contributed by atoms with Gasteiger partial charge < -0.3 is 35.7 Å². The summed E-state index contributed by atoms with van der Waals surface area (Å²) in [5.74, 6) is 0.000440. The third kappa shape index (κ3) is 4.41. The Bertz CT molecular complexity index is 411. The lowest BCUT2D eigenvalue weighted by Gasteiger charge is -2.28. The number of hydrogen-bond acceptors (Lipinski definition) is 7. The molecule has 1 unspecified atom stereocenters. The average Bonchev–Trinajstić information content (AvgIpc) is 2.43. The van der Waals surface area contributed by atoms with Gasteiger partial charge in [-0.25, -0.2) is 0 Å². The Morgan fingerprint density at radius 3 is 2.00 bits per heavy atom. The molecule has 20 heavy (non-hydrogen) atoms. The van der Waals surface area contributed by atoms with Crippen molar-refractivity contribution in [3.05, 3.63) is 29.8 Å². The van der Waals surface area contributed by atoms with Crippen LogP contribution in [0.3, 0.4) is 0 Å². The molecule has 0 aliphatic rings. The van der Waals surface area contributed by atoms with Crippen molar-refractivity contribution in [3.63, 3.8) is 0 Å². The Hall–Kier alpha value is -1.22. The molecule has 0 aromatic heterocycles. The van der Waals surface area contributed by atoms with E-state index in [4.69, 9.17) is 10.2 Å². The van der Waals surface area contributed by atoms with Gasteiger partial charge in [0.05, 0.1) is 12.7 Å². The smallest absolute Gasteiger partial charge is 0.115 e. The molecule has 0 bridgehead atoms. The van der Waals surface area contributed by atoms with E-state index in [9.17, 15) is 25.5 Å². The van der Waals surface area contributed by atoms with Crippen LogP contribution in [0.5, 0.6) is 5.75 Å². The fourth-order valence-electron chi connectivity index (χ4n) is 1.81. The number of phenols is 1. The van der Waals surface area contributed by atoms with Crippen LogP contribution in [0, 0.1) is 0 Å². The molecule has 0 aliphatic heterocycles. The Morgan fingerprint density at radius 1 is 0.850 bits per heavy atom. The molecule has 1 aromatic rings. The normalized spacial score (nSPS) is 19.1. The first kappa shape index (κ1) is 16.8. The van der Waals surface area contributed by atoms with E-state index in [1.54, 1.807) is 12.1 Å². The molecule has 0 radical (unpaired) electrons. The summed E-state index contributed by atoms with van der Waals surface area (Å²) in [5.41, 5.74) is 0.529. The van der Waals surface area contributed by atoms with Crippen molar-refractivity contribution in [1.82, 2.24) is 0 Å². The number of aliphatic hydroxyl groups is 6. The molecule has 0 spiro atoms. The molecule has 0 aliphatic carbocycles. The molecule has 7 nitrogen and oxygen atoms in total. The highest BCUT2D eigenvalue weighted by Crippen LogP contribution is 2.16. The molecule has 0 saturated heterocycles. The van der Waals surface area contributed by atoms with E-state index < -0.39 is 37.1 Å². The van der Waals surface area contributed by atoms with Gasteiger partial charge >= 0.3 is 0 Å². The van der Waals surface area contributed by atoms with Crippen LogP contribution in [0.4, 0.5) is 0 Å². The molecule has 7 heteroatoms. The predicted octanol–water partition coefficient (Wildman–Crippen LogP) is -2.27. The highest BCUT2D eigenvalue weighted by Gasteiger charge is 2.33. The van der Waals surface area contributed by atoms with Gasteiger partial charge in [0.1, 0.15) is 30.2 Å². The van der Waals surface area contributed by atoms with E-state index in [-0.39, 0.29) is 12.2 Å². The molecule has 5 atom stereocenters. The van der Waals surface area contributed by atoms with Crippen molar-refractivity contribution in [3.8, 4) is 5.75 Å². The van der Waals surface area contributed by atoms with Crippen LogP contribution < -0.4 is 0 Å². The number of aliphatic hydroxyl groups excluding tert-OH is 6. The van der Waals surface area contributed by atoms with Crippen molar-refractivity contribution < 1.29 is 35.7 Å². The first-order valence-electron chi connectivity index (χ1n) is 6.16. The van der Waals surface area contributed by atoms with Crippen LogP contribution in [0.2, 0.25) is 0 Å². The molecular weight excluding hydrogens is 268 g/mol. The molecule has 1 aromatic carbocycles. The van der Waals surface area contributed by atoms with E-state index in [1.807, 2.05) is 0 Å². The van der Waals surface area contributed by atoms with Gasteiger partial charge in [0, 0.05) is 6.42 Å². The maximum atomic E-state index is 9.79. The third-order valence-electron chi connectivity index (χ3n) is 3.03. The van der Waals surface area contributed by atoms with Gasteiger partial charge in [0.25, 0.3) is 0 Å². The van der Waals surface area contributed by atoms with Gasteiger partial charge in [-0.1, -0.05) is 12.1 Å². The highest BCUT2D eigenvalue weighted by atomic mass is 16.4. The van der Waals surface area contributed by atoms with Gasteiger partial charge in [-0.2, -0.15) is 0 Å². The number of phenolic OH excluding ortho intramolecular Hbond substituents is 1. The lowest BCUT2D eigenvalue weighted by molar-refractivity contribution is -0.139. The molecule has 114 valence electrons. The van der Waals surface area contributed by atoms with E-state index in [2.05, 4.69) is 0 Å². The van der Waals surface area contributed by atoms with Gasteiger partial charge in [0.2, 0.25) is 0 Å². The standard InChI is InChI=1S/C13H20O7/c14-6-10(17)12(19)13(20)11(18)9(16)5-7-2-1-3-8(15)4-7/h1-4,9-20H,5-6H2/t9?,10-,11-,12-,13-/m1/s1. The van der Waals surface area contributed by atoms with E-state index in [0.717, 1.165) is 0 Å². The second-order valence-corrected chi connectivity index (χ2v) is 4.66. The Kier molecular flexibility index (Phi) is 6.34. The van der Waals surface area contributed by atoms with Gasteiger partial charge in [-0.15, -0.1) is 0 Å². The maximum Gasteiger partial charge on any atom is 0.115 e. The zero-order chi connectivity index (χ0) is 15.3. The van der Waals surface area contributed by atoms with Crippen molar-refractivity contribution in [2.45, 2.75) is 36.9 Å². The second kappa shape index (κ2) is 7.53. The molecule has 7 N–H and O–H groups in total. The summed E-state index contributed by atoms with van der Waals surface area (Å²) in [4.78, 5) is 0. The summed E-state index contributed by atoms with van der Waals surface area (Å²) in [6.45, 7) is -0.784. The summed E-state index contributed by atoms with van der Waals surface area (Å²) in [6, 6.07) is 6.01.